The lowest BCUT2D eigenvalue weighted by Gasteiger charge is -2.28. The number of carbonyl (C=O) groups is 11. The van der Waals surface area contributed by atoms with E-state index in [9.17, 15) is 68.1 Å². The number of amides is 9. The van der Waals surface area contributed by atoms with Crippen molar-refractivity contribution in [3.05, 3.63) is 72.1 Å². The maximum absolute atomic E-state index is 14.5. The monoisotopic (exact) mass is 1100 g/mol. The first kappa shape index (κ1) is 63.1. The molecule has 26 nitrogen and oxygen atoms in total. The molecule has 79 heavy (non-hydrogen) atoms. The summed E-state index contributed by atoms with van der Waals surface area (Å²) in [4.78, 5) is 153. The van der Waals surface area contributed by atoms with Gasteiger partial charge in [-0.2, -0.15) is 0 Å². The largest absolute Gasteiger partial charge is 0.481 e. The summed E-state index contributed by atoms with van der Waals surface area (Å²) in [5.41, 5.74) is 13.5. The zero-order valence-corrected chi connectivity index (χ0v) is 45.1. The number of rotatable bonds is 31. The van der Waals surface area contributed by atoms with E-state index >= 15 is 0 Å². The molecule has 9 amide bonds. The van der Waals surface area contributed by atoms with Crippen LogP contribution in [0.2, 0.25) is 0 Å². The Morgan fingerprint density at radius 1 is 0.506 bits per heavy atom. The SMILES string of the molecule is CC(C)CC(NC(=O)C(C)N)C(=O)NC(CC(=O)O)C(=O)NC(Cc1c[nH]c2ccccc12)C(=O)NC(C)C(=O)NC(Cc1c[nH]c2ccccc12)C(=O)NC(CC(C)C)C(=O)NC(CCC(N)=O)C(=O)NC(C(=O)O)C(C)O. The maximum atomic E-state index is 14.5. The Bertz CT molecular complexity index is 2840. The molecule has 0 aliphatic carbocycles. The third kappa shape index (κ3) is 19.2. The van der Waals surface area contributed by atoms with Crippen molar-refractivity contribution in [3.8, 4) is 0 Å². The third-order valence-electron chi connectivity index (χ3n) is 12.7. The molecule has 0 saturated carbocycles. The Morgan fingerprint density at radius 2 is 0.899 bits per heavy atom. The maximum Gasteiger partial charge on any atom is 0.328 e. The lowest BCUT2D eigenvalue weighted by Crippen LogP contribution is -2.61. The molecule has 0 saturated heterocycles. The van der Waals surface area contributed by atoms with E-state index in [1.165, 1.54) is 13.8 Å². The van der Waals surface area contributed by atoms with Crippen molar-refractivity contribution in [3.63, 3.8) is 0 Å². The van der Waals surface area contributed by atoms with Gasteiger partial charge in [-0.1, -0.05) is 64.1 Å². The molecule has 2 aromatic carbocycles. The smallest absolute Gasteiger partial charge is 0.328 e. The van der Waals surface area contributed by atoms with Gasteiger partial charge in [-0.25, -0.2) is 4.79 Å². The number of carboxylic acids is 2. The van der Waals surface area contributed by atoms with Crippen LogP contribution in [-0.4, -0.2) is 151 Å². The zero-order valence-electron chi connectivity index (χ0n) is 45.1. The topological polar surface area (TPSA) is 428 Å². The summed E-state index contributed by atoms with van der Waals surface area (Å²) < 4.78 is 0. The van der Waals surface area contributed by atoms with E-state index in [1.807, 2.05) is 0 Å². The average molecular weight is 1100 g/mol. The molecule has 2 heterocycles. The number of nitrogens with one attached hydrogen (secondary N) is 10. The number of aliphatic carboxylic acids is 2. The molecule has 4 aromatic rings. The zero-order chi connectivity index (χ0) is 58.8. The Labute approximate surface area is 455 Å². The van der Waals surface area contributed by atoms with E-state index in [-0.39, 0.29) is 43.9 Å². The van der Waals surface area contributed by atoms with Gasteiger partial charge in [0.05, 0.1) is 18.6 Å². The predicted octanol–water partition coefficient (Wildman–Crippen LogP) is -1.02. The summed E-state index contributed by atoms with van der Waals surface area (Å²) in [6.07, 6.45) is -0.409. The summed E-state index contributed by atoms with van der Waals surface area (Å²) in [5.74, 6) is -11.7. The number of fused-ring (bicyclic) bond motifs is 2. The Balaban J connectivity index is 1.65. The highest BCUT2D eigenvalue weighted by atomic mass is 16.4. The number of aromatic amines is 2. The Hall–Kier alpha value is -8.39. The molecule has 2 aromatic heterocycles. The van der Waals surface area contributed by atoms with Crippen molar-refractivity contribution < 1.29 is 68.1 Å². The van der Waals surface area contributed by atoms with Crippen molar-refractivity contribution in [1.29, 1.82) is 0 Å². The number of hydrogen-bond donors (Lipinski definition) is 15. The van der Waals surface area contributed by atoms with E-state index < -0.39 is 138 Å². The van der Waals surface area contributed by atoms with Gasteiger partial charge in [0.15, 0.2) is 6.04 Å². The number of aliphatic hydroxyl groups excluding tert-OH is 1. The van der Waals surface area contributed by atoms with Gasteiger partial charge in [-0.3, -0.25) is 47.9 Å². The van der Waals surface area contributed by atoms with Gasteiger partial charge < -0.3 is 79.3 Å². The molecule has 0 aliphatic heterocycles. The number of para-hydroxylation sites is 2. The first-order valence-electron chi connectivity index (χ1n) is 25.8. The van der Waals surface area contributed by atoms with Crippen LogP contribution in [0.25, 0.3) is 21.8 Å². The molecule has 26 heteroatoms. The first-order valence-corrected chi connectivity index (χ1v) is 25.8. The third-order valence-corrected chi connectivity index (χ3v) is 12.7. The normalized spacial score (nSPS) is 15.2. The second-order valence-corrected chi connectivity index (χ2v) is 20.4. The molecule has 0 fully saturated rings. The molecular formula is C53H74N12O14. The van der Waals surface area contributed by atoms with Gasteiger partial charge in [0.2, 0.25) is 53.2 Å². The molecule has 10 unspecified atom stereocenters. The summed E-state index contributed by atoms with van der Waals surface area (Å²) >= 11 is 0. The Kier molecular flexibility index (Phi) is 23.5. The second-order valence-electron chi connectivity index (χ2n) is 20.4. The number of aromatic nitrogens is 2. The van der Waals surface area contributed by atoms with Crippen LogP contribution in [0.3, 0.4) is 0 Å². The number of primary amides is 1. The van der Waals surface area contributed by atoms with Crippen molar-refractivity contribution in [2.75, 3.05) is 0 Å². The summed E-state index contributed by atoms with van der Waals surface area (Å²) in [7, 11) is 0. The number of carboxylic acid groups (broad SMARTS) is 2. The van der Waals surface area contributed by atoms with Crippen LogP contribution >= 0.6 is 0 Å². The average Bonchev–Trinajstić information content (AvgIpc) is 3.98. The van der Waals surface area contributed by atoms with Crippen LogP contribution in [-0.2, 0) is 65.6 Å². The van der Waals surface area contributed by atoms with E-state index in [4.69, 9.17) is 11.5 Å². The highest BCUT2D eigenvalue weighted by molar-refractivity contribution is 5.99. The molecule has 430 valence electrons. The van der Waals surface area contributed by atoms with Crippen LogP contribution in [0.4, 0.5) is 0 Å². The van der Waals surface area contributed by atoms with E-state index in [0.717, 1.165) is 6.92 Å². The summed E-state index contributed by atoms with van der Waals surface area (Å²) in [5, 5.41) is 50.7. The molecule has 17 N–H and O–H groups in total. The van der Waals surface area contributed by atoms with E-state index in [1.54, 1.807) is 88.6 Å². The molecule has 0 spiro atoms. The number of hydrogen-bond acceptors (Lipinski definition) is 13. The van der Waals surface area contributed by atoms with Crippen molar-refractivity contribution in [2.45, 2.75) is 154 Å². The number of nitrogens with two attached hydrogens (primary N) is 2. The minimum absolute atomic E-state index is 0.0312. The molecule has 0 bridgehead atoms. The number of H-pyrrole nitrogens is 2. The minimum Gasteiger partial charge on any atom is -0.481 e. The molecule has 10 atom stereocenters. The van der Waals surface area contributed by atoms with Gasteiger partial charge in [0.25, 0.3) is 0 Å². The van der Waals surface area contributed by atoms with Crippen molar-refractivity contribution in [1.82, 2.24) is 52.5 Å². The fourth-order valence-corrected chi connectivity index (χ4v) is 8.52. The van der Waals surface area contributed by atoms with Crippen LogP contribution in [0.1, 0.15) is 91.7 Å². The summed E-state index contributed by atoms with van der Waals surface area (Å²) in [6.45, 7) is 10.9. The summed E-state index contributed by atoms with van der Waals surface area (Å²) in [6, 6.07) is 0.966. The molecule has 0 aliphatic rings. The van der Waals surface area contributed by atoms with E-state index in [2.05, 4.69) is 52.5 Å². The van der Waals surface area contributed by atoms with Gasteiger partial charge in [-0.05, 0) is 75.1 Å². The fourth-order valence-electron chi connectivity index (χ4n) is 8.52. The quantitative estimate of drug-likeness (QED) is 0.0287. The fraction of sp³-hybridized carbons (Fsp3) is 0.491. The van der Waals surface area contributed by atoms with Crippen LogP contribution in [0, 0.1) is 11.8 Å². The highest BCUT2D eigenvalue weighted by Gasteiger charge is 2.36. The molecule has 4 rings (SSSR count). The van der Waals surface area contributed by atoms with Gasteiger partial charge in [0.1, 0.15) is 42.3 Å². The lowest BCUT2D eigenvalue weighted by atomic mass is 9.99. The first-order chi connectivity index (χ1) is 37.1. The number of carbonyl (C=O) groups excluding carboxylic acids is 9. The second kappa shape index (κ2) is 29.4. The van der Waals surface area contributed by atoms with Crippen LogP contribution in [0.5, 0.6) is 0 Å². The minimum atomic E-state index is -1.79. The van der Waals surface area contributed by atoms with Crippen LogP contribution < -0.4 is 54.0 Å². The molecular weight excluding hydrogens is 1030 g/mol. The highest BCUT2D eigenvalue weighted by Crippen LogP contribution is 2.21. The van der Waals surface area contributed by atoms with Crippen LogP contribution in [0.15, 0.2) is 60.9 Å². The molecule has 0 radical (unpaired) electrons. The van der Waals surface area contributed by atoms with E-state index in [0.29, 0.717) is 32.9 Å². The number of benzene rings is 2. The lowest BCUT2D eigenvalue weighted by molar-refractivity contribution is -0.145. The van der Waals surface area contributed by atoms with Gasteiger partial charge in [-0.15, -0.1) is 0 Å². The van der Waals surface area contributed by atoms with Crippen molar-refractivity contribution in [2.24, 2.45) is 23.3 Å². The van der Waals surface area contributed by atoms with Gasteiger partial charge >= 0.3 is 11.9 Å². The van der Waals surface area contributed by atoms with Gasteiger partial charge in [0, 0.05) is 53.5 Å². The number of aliphatic hydroxyl groups is 1. The standard InChI is InChI=1S/C53H74N12O14/c1-25(2)18-37(60-45(70)27(5)54)50(75)64-41(22-43(68)69)52(77)63-39(20-30-23-56-34-14-10-8-12-32(30)34)48(73)58-28(6)46(71)61-40(21-31-24-57-35-15-11-9-13-33(31)35)51(76)62-38(19-26(3)4)49(74)59-36(16-17-42(55)67)47(72)65-44(29(7)66)53(78)79/h8-15,23-29,36-41,44,56-57,66H,16-22,54H2,1-7H3,(H2,55,67)(H,58,73)(H,59,74)(H,60,70)(H,61,71)(H,62,76)(H,63,77)(H,64,75)(H,65,72)(H,68,69)(H,78,79). The predicted molar refractivity (Wildman–Crippen MR) is 288 cm³/mol. The van der Waals surface area contributed by atoms with Crippen molar-refractivity contribution >= 4 is 86.9 Å². The Morgan fingerprint density at radius 3 is 1.34 bits per heavy atom.